The first-order valence-corrected chi connectivity index (χ1v) is 8.01. The number of hydrogen-bond acceptors (Lipinski definition) is 2. The van der Waals surface area contributed by atoms with Gasteiger partial charge in [0.2, 0.25) is 0 Å². The van der Waals surface area contributed by atoms with Crippen LogP contribution in [0.3, 0.4) is 0 Å². The topological polar surface area (TPSA) is 29.1 Å². The number of hydrogen-bond donors (Lipinski definition) is 1. The van der Waals surface area contributed by atoms with E-state index >= 15 is 0 Å². The van der Waals surface area contributed by atoms with E-state index < -0.39 is 10.8 Å². The quantitative estimate of drug-likeness (QED) is 0.573. The van der Waals surface area contributed by atoms with Gasteiger partial charge in [-0.25, -0.2) is 0 Å². The third kappa shape index (κ3) is 4.79. The maximum Gasteiger partial charge on any atom is 0.0244 e. The molecule has 0 amide bonds. The first-order valence-electron chi connectivity index (χ1n) is 6.28. The smallest absolute Gasteiger partial charge is 0.0244 e. The fourth-order valence-electron chi connectivity index (χ4n) is 2.40. The van der Waals surface area contributed by atoms with Crippen molar-refractivity contribution in [2.24, 2.45) is 11.8 Å². The second-order valence-electron chi connectivity index (χ2n) is 4.94. The first kappa shape index (κ1) is 13.9. The average molecular weight is 243 g/mol. The van der Waals surface area contributed by atoms with Crippen LogP contribution in [-0.4, -0.2) is 29.3 Å². The summed E-state index contributed by atoms with van der Waals surface area (Å²) in [6.45, 7) is 6.68. The van der Waals surface area contributed by atoms with Gasteiger partial charge < -0.3 is 5.32 Å². The first-order chi connectivity index (χ1) is 7.61. The van der Waals surface area contributed by atoms with Crippen molar-refractivity contribution in [3.8, 4) is 0 Å². The van der Waals surface area contributed by atoms with E-state index in [-0.39, 0.29) is 0 Å². The lowest BCUT2D eigenvalue weighted by molar-refractivity contribution is 0.351. The molecule has 3 heteroatoms. The molecule has 0 aromatic carbocycles. The zero-order valence-electron chi connectivity index (χ0n) is 10.8. The Morgan fingerprint density at radius 1 is 1.56 bits per heavy atom. The summed E-state index contributed by atoms with van der Waals surface area (Å²) in [7, 11) is -0.639. The molecular weight excluding hydrogens is 218 g/mol. The van der Waals surface area contributed by atoms with Gasteiger partial charge in [0.1, 0.15) is 0 Å². The van der Waals surface area contributed by atoms with Crippen LogP contribution in [-0.2, 0) is 10.8 Å². The Morgan fingerprint density at radius 2 is 2.31 bits per heavy atom. The van der Waals surface area contributed by atoms with Crippen LogP contribution in [0.15, 0.2) is 11.6 Å². The highest BCUT2D eigenvalue weighted by molar-refractivity contribution is 7.84. The molecule has 2 nitrogen and oxygen atoms in total. The fraction of sp³-hybridized carbons (Fsp3) is 0.846. The zero-order chi connectivity index (χ0) is 12.0. The van der Waals surface area contributed by atoms with Gasteiger partial charge in [0.15, 0.2) is 0 Å². The third-order valence-electron chi connectivity index (χ3n) is 3.51. The van der Waals surface area contributed by atoms with Crippen LogP contribution < -0.4 is 5.32 Å². The van der Waals surface area contributed by atoms with Crippen LogP contribution >= 0.6 is 0 Å². The van der Waals surface area contributed by atoms with Crippen molar-refractivity contribution in [2.45, 2.75) is 33.1 Å². The molecule has 0 radical (unpaired) electrons. The normalized spacial score (nSPS) is 27.6. The molecule has 0 aromatic heterocycles. The van der Waals surface area contributed by atoms with E-state index in [1.54, 1.807) is 11.8 Å². The fourth-order valence-corrected chi connectivity index (χ4v) is 2.95. The van der Waals surface area contributed by atoms with Crippen LogP contribution in [0.5, 0.6) is 0 Å². The molecule has 0 spiro atoms. The molecule has 1 N–H and O–H groups in total. The third-order valence-corrected chi connectivity index (χ3v) is 4.37. The molecule has 3 atom stereocenters. The van der Waals surface area contributed by atoms with Gasteiger partial charge in [-0.3, -0.25) is 4.21 Å². The highest BCUT2D eigenvalue weighted by atomic mass is 32.2. The summed E-state index contributed by atoms with van der Waals surface area (Å²) in [5.74, 6) is 2.33. The van der Waals surface area contributed by atoms with Crippen LogP contribution in [0.2, 0.25) is 0 Å². The summed E-state index contributed by atoms with van der Waals surface area (Å²) in [5.41, 5.74) is 1.55. The van der Waals surface area contributed by atoms with Crippen molar-refractivity contribution in [3.63, 3.8) is 0 Å². The molecule has 0 aliphatic heterocycles. The zero-order valence-corrected chi connectivity index (χ0v) is 11.6. The second-order valence-corrected chi connectivity index (χ2v) is 6.50. The summed E-state index contributed by atoms with van der Waals surface area (Å²) >= 11 is 0. The molecule has 1 aliphatic rings. The highest BCUT2D eigenvalue weighted by Crippen LogP contribution is 2.29. The van der Waals surface area contributed by atoms with E-state index in [4.69, 9.17) is 0 Å². The monoisotopic (exact) mass is 243 g/mol. The molecule has 0 fully saturated rings. The lowest BCUT2D eigenvalue weighted by Gasteiger charge is -2.29. The summed E-state index contributed by atoms with van der Waals surface area (Å²) < 4.78 is 10.9. The minimum atomic E-state index is -0.639. The van der Waals surface area contributed by atoms with E-state index in [0.29, 0.717) is 5.92 Å². The Morgan fingerprint density at radius 3 is 2.94 bits per heavy atom. The summed E-state index contributed by atoms with van der Waals surface area (Å²) in [6, 6.07) is 0. The van der Waals surface area contributed by atoms with Gasteiger partial charge in [0.05, 0.1) is 0 Å². The SMILES string of the molecule is CC1=CCC[C@H](C)[C@H]1CNCCC[S@](C)=O. The molecule has 0 saturated carbocycles. The molecular formula is C13H25NOS. The second kappa shape index (κ2) is 7.23. The maximum atomic E-state index is 10.9. The van der Waals surface area contributed by atoms with Crippen LogP contribution in [0.25, 0.3) is 0 Å². The van der Waals surface area contributed by atoms with Gasteiger partial charge >= 0.3 is 0 Å². The van der Waals surface area contributed by atoms with Gasteiger partial charge in [-0.2, -0.15) is 0 Å². The van der Waals surface area contributed by atoms with Gasteiger partial charge in [0, 0.05) is 29.4 Å². The molecule has 0 bridgehead atoms. The molecule has 1 aliphatic carbocycles. The van der Waals surface area contributed by atoms with Crippen molar-refractivity contribution >= 4 is 10.8 Å². The van der Waals surface area contributed by atoms with E-state index in [0.717, 1.165) is 31.2 Å². The predicted molar refractivity (Wildman–Crippen MR) is 72.1 cm³/mol. The van der Waals surface area contributed by atoms with Crippen molar-refractivity contribution in [1.29, 1.82) is 0 Å². The lowest BCUT2D eigenvalue weighted by atomic mass is 9.80. The molecule has 0 saturated heterocycles. The maximum absolute atomic E-state index is 10.9. The number of rotatable bonds is 6. The highest BCUT2D eigenvalue weighted by Gasteiger charge is 2.21. The van der Waals surface area contributed by atoms with Gasteiger partial charge in [-0.15, -0.1) is 0 Å². The molecule has 94 valence electrons. The number of allylic oxidation sites excluding steroid dienone is 1. The van der Waals surface area contributed by atoms with Crippen molar-refractivity contribution in [3.05, 3.63) is 11.6 Å². The van der Waals surface area contributed by atoms with Crippen LogP contribution in [0.1, 0.15) is 33.1 Å². The Hall–Kier alpha value is -0.150. The Labute approximate surface area is 102 Å². The van der Waals surface area contributed by atoms with Gasteiger partial charge in [0.25, 0.3) is 0 Å². The Kier molecular flexibility index (Phi) is 6.29. The summed E-state index contributed by atoms with van der Waals surface area (Å²) in [5, 5.41) is 3.50. The molecule has 0 unspecified atom stereocenters. The van der Waals surface area contributed by atoms with E-state index in [1.807, 2.05) is 0 Å². The molecule has 1 rings (SSSR count). The Bertz CT molecular complexity index is 263. The Balaban J connectivity index is 2.18. The van der Waals surface area contributed by atoms with Crippen molar-refractivity contribution in [2.75, 3.05) is 25.1 Å². The van der Waals surface area contributed by atoms with Crippen LogP contribution in [0, 0.1) is 11.8 Å². The molecule has 16 heavy (non-hydrogen) atoms. The lowest BCUT2D eigenvalue weighted by Crippen LogP contribution is -2.30. The predicted octanol–water partition coefficient (Wildman–Crippen LogP) is 2.34. The van der Waals surface area contributed by atoms with Crippen LogP contribution in [0.4, 0.5) is 0 Å². The van der Waals surface area contributed by atoms with Gasteiger partial charge in [-0.05, 0) is 44.6 Å². The molecule has 0 aromatic rings. The summed E-state index contributed by atoms with van der Waals surface area (Å²) in [6.07, 6.45) is 7.75. The average Bonchev–Trinajstić information content (AvgIpc) is 2.21. The summed E-state index contributed by atoms with van der Waals surface area (Å²) in [4.78, 5) is 0. The van der Waals surface area contributed by atoms with Crippen molar-refractivity contribution < 1.29 is 4.21 Å². The largest absolute Gasteiger partial charge is 0.316 e. The molecule has 0 heterocycles. The van der Waals surface area contributed by atoms with Gasteiger partial charge in [-0.1, -0.05) is 18.6 Å². The van der Waals surface area contributed by atoms with E-state index in [1.165, 1.54) is 12.8 Å². The minimum Gasteiger partial charge on any atom is -0.316 e. The minimum absolute atomic E-state index is 0.639. The van der Waals surface area contributed by atoms with E-state index in [2.05, 4.69) is 25.2 Å². The van der Waals surface area contributed by atoms with Crippen molar-refractivity contribution in [1.82, 2.24) is 5.32 Å². The van der Waals surface area contributed by atoms with E-state index in [9.17, 15) is 4.21 Å². The standard InChI is InChI=1S/C13H25NOS/c1-11-6-4-7-12(2)13(11)10-14-8-5-9-16(3)15/h6,12-14H,4-5,7-10H2,1-3H3/t12-,13-,16-/m0/s1. The number of nitrogens with one attached hydrogen (secondary N) is 1.